The van der Waals surface area contributed by atoms with Gasteiger partial charge in [0.2, 0.25) is 10.0 Å². The highest BCUT2D eigenvalue weighted by atomic mass is 79.9. The van der Waals surface area contributed by atoms with Gasteiger partial charge < -0.3 is 4.74 Å². The summed E-state index contributed by atoms with van der Waals surface area (Å²) in [5.41, 5.74) is 0. The van der Waals surface area contributed by atoms with Gasteiger partial charge in [0.25, 0.3) is 0 Å². The highest BCUT2D eigenvalue weighted by molar-refractivity contribution is 9.09. The number of hydrogen-bond donors (Lipinski definition) is 1. The normalized spacial score (nSPS) is 13.8. The van der Waals surface area contributed by atoms with Gasteiger partial charge in [0.05, 0.1) is 10.9 Å². The summed E-state index contributed by atoms with van der Waals surface area (Å²) in [7, 11) is -1.82. The zero-order valence-electron chi connectivity index (χ0n) is 9.15. The molecule has 98 valence electrons. The van der Waals surface area contributed by atoms with Crippen molar-refractivity contribution in [3.05, 3.63) is 16.5 Å². The number of methoxy groups -OCH3 is 1. The van der Waals surface area contributed by atoms with E-state index in [-0.39, 0.29) is 9.04 Å². The first kappa shape index (κ1) is 15.4. The predicted octanol–water partition coefficient (Wildman–Crippen LogP) is 2.48. The van der Waals surface area contributed by atoms with Gasteiger partial charge in [-0.15, -0.1) is 11.3 Å². The van der Waals surface area contributed by atoms with Gasteiger partial charge in [0.1, 0.15) is 4.21 Å². The molecule has 1 N–H and O–H groups in total. The molecule has 1 aromatic heterocycles. The van der Waals surface area contributed by atoms with Crippen LogP contribution in [0, 0.1) is 0 Å². The Morgan fingerprint density at radius 1 is 1.59 bits per heavy atom. The van der Waals surface area contributed by atoms with Gasteiger partial charge in [0.15, 0.2) is 0 Å². The molecule has 8 heteroatoms. The van der Waals surface area contributed by atoms with Crippen molar-refractivity contribution < 1.29 is 13.2 Å². The minimum absolute atomic E-state index is 0.141. The molecule has 0 fully saturated rings. The van der Waals surface area contributed by atoms with Crippen LogP contribution in [0.1, 0.15) is 6.42 Å². The summed E-state index contributed by atoms with van der Waals surface area (Å²) in [5, 5.41) is 0. The fraction of sp³-hybridized carbons (Fsp3) is 0.556. The Morgan fingerprint density at radius 2 is 2.29 bits per heavy atom. The Labute approximate surface area is 118 Å². The van der Waals surface area contributed by atoms with E-state index in [1.165, 1.54) is 6.07 Å². The van der Waals surface area contributed by atoms with Crippen molar-refractivity contribution in [1.82, 2.24) is 4.72 Å². The molecule has 4 nitrogen and oxygen atoms in total. The minimum atomic E-state index is -3.43. The maximum atomic E-state index is 11.8. The van der Waals surface area contributed by atoms with E-state index in [9.17, 15) is 8.42 Å². The van der Waals surface area contributed by atoms with Crippen LogP contribution in [0.25, 0.3) is 0 Å². The van der Waals surface area contributed by atoms with Gasteiger partial charge in [-0.1, -0.05) is 27.5 Å². The molecule has 0 aliphatic heterocycles. The van der Waals surface area contributed by atoms with E-state index in [1.54, 1.807) is 13.2 Å². The summed E-state index contributed by atoms with van der Waals surface area (Å²) in [4.78, 5) is 0.141. The quantitative estimate of drug-likeness (QED) is 0.758. The Hall–Kier alpha value is 0.340. The van der Waals surface area contributed by atoms with Crippen molar-refractivity contribution in [2.24, 2.45) is 0 Å². The third-order valence-electron chi connectivity index (χ3n) is 1.91. The Bertz CT molecular complexity index is 449. The number of halogens is 2. The van der Waals surface area contributed by atoms with Crippen molar-refractivity contribution >= 4 is 48.9 Å². The molecule has 0 radical (unpaired) electrons. The van der Waals surface area contributed by atoms with E-state index >= 15 is 0 Å². The van der Waals surface area contributed by atoms with E-state index in [4.69, 9.17) is 16.3 Å². The molecule has 0 aliphatic carbocycles. The molecule has 0 aromatic carbocycles. The van der Waals surface area contributed by atoms with Gasteiger partial charge in [-0.05, 0) is 18.6 Å². The molecule has 1 rings (SSSR count). The molecule has 0 saturated carbocycles. The van der Waals surface area contributed by atoms with Gasteiger partial charge in [-0.3, -0.25) is 0 Å². The van der Waals surface area contributed by atoms with Gasteiger partial charge >= 0.3 is 0 Å². The average Bonchev–Trinajstić information content (AvgIpc) is 2.65. The third-order valence-corrected chi connectivity index (χ3v) is 5.82. The number of hydrogen-bond acceptors (Lipinski definition) is 4. The molecule has 17 heavy (non-hydrogen) atoms. The lowest BCUT2D eigenvalue weighted by Crippen LogP contribution is -2.26. The second kappa shape index (κ2) is 7.06. The Balaban J connectivity index is 2.46. The minimum Gasteiger partial charge on any atom is -0.384 e. The summed E-state index contributed by atoms with van der Waals surface area (Å²) in [6.45, 7) is 0.906. The van der Waals surface area contributed by atoms with Crippen LogP contribution in [0.2, 0.25) is 4.34 Å². The van der Waals surface area contributed by atoms with E-state index < -0.39 is 10.0 Å². The first-order valence-corrected chi connectivity index (χ1v) is 8.43. The van der Waals surface area contributed by atoms with Crippen LogP contribution in [0.4, 0.5) is 0 Å². The molecular formula is C9H13BrClNO3S2. The number of alkyl halides is 1. The average molecular weight is 363 g/mol. The SMILES string of the molecule is COCC(Br)CCNS(=O)(=O)c1ccc(Cl)s1. The predicted molar refractivity (Wildman–Crippen MR) is 73.7 cm³/mol. The summed E-state index contributed by atoms with van der Waals surface area (Å²) in [6, 6.07) is 3.06. The second-order valence-corrected chi connectivity index (χ2v) is 8.30. The van der Waals surface area contributed by atoms with Crippen LogP contribution in [0.5, 0.6) is 0 Å². The molecule has 0 amide bonds. The lowest BCUT2D eigenvalue weighted by Gasteiger charge is -2.09. The smallest absolute Gasteiger partial charge is 0.250 e. The second-order valence-electron chi connectivity index (χ2n) is 3.30. The van der Waals surface area contributed by atoms with Crippen LogP contribution in [0.15, 0.2) is 16.3 Å². The van der Waals surface area contributed by atoms with Crippen molar-refractivity contribution in [3.63, 3.8) is 0 Å². The first-order chi connectivity index (χ1) is 7.95. The van der Waals surface area contributed by atoms with Crippen LogP contribution in [-0.2, 0) is 14.8 Å². The summed E-state index contributed by atoms with van der Waals surface area (Å²) < 4.78 is 31.7. The van der Waals surface area contributed by atoms with Crippen molar-refractivity contribution in [2.45, 2.75) is 15.5 Å². The molecule has 0 saturated heterocycles. The fourth-order valence-corrected chi connectivity index (χ4v) is 4.20. The van der Waals surface area contributed by atoms with Crippen molar-refractivity contribution in [1.29, 1.82) is 0 Å². The monoisotopic (exact) mass is 361 g/mol. The molecule has 1 unspecified atom stereocenters. The molecular weight excluding hydrogens is 350 g/mol. The number of ether oxygens (including phenoxy) is 1. The van der Waals surface area contributed by atoms with Gasteiger partial charge in [-0.2, -0.15) is 0 Å². The molecule has 0 aliphatic rings. The molecule has 1 heterocycles. The number of sulfonamides is 1. The molecule has 1 aromatic rings. The fourth-order valence-electron chi connectivity index (χ4n) is 1.13. The molecule has 0 spiro atoms. The largest absolute Gasteiger partial charge is 0.384 e. The van der Waals surface area contributed by atoms with Crippen molar-refractivity contribution in [3.8, 4) is 0 Å². The lowest BCUT2D eigenvalue weighted by molar-refractivity contribution is 0.199. The van der Waals surface area contributed by atoms with Crippen LogP contribution >= 0.6 is 38.9 Å². The van der Waals surface area contributed by atoms with E-state index in [0.29, 0.717) is 23.9 Å². The zero-order chi connectivity index (χ0) is 12.9. The Morgan fingerprint density at radius 3 is 2.82 bits per heavy atom. The Kier molecular flexibility index (Phi) is 6.39. The molecule has 0 bridgehead atoms. The maximum absolute atomic E-state index is 11.8. The first-order valence-electron chi connectivity index (χ1n) is 4.83. The number of rotatable bonds is 7. The highest BCUT2D eigenvalue weighted by Crippen LogP contribution is 2.25. The van der Waals surface area contributed by atoms with E-state index in [1.807, 2.05) is 0 Å². The molecule has 1 atom stereocenters. The maximum Gasteiger partial charge on any atom is 0.250 e. The van der Waals surface area contributed by atoms with Gasteiger partial charge in [-0.25, -0.2) is 13.1 Å². The van der Waals surface area contributed by atoms with Crippen molar-refractivity contribution in [2.75, 3.05) is 20.3 Å². The van der Waals surface area contributed by atoms with Crippen LogP contribution < -0.4 is 4.72 Å². The standard InChI is InChI=1S/C9H13BrClNO3S2/c1-15-6-7(10)4-5-12-17(13,14)9-3-2-8(11)16-9/h2-3,7,12H,4-6H2,1H3. The summed E-state index contributed by atoms with van der Waals surface area (Å²) in [6.07, 6.45) is 0.659. The van der Waals surface area contributed by atoms with Crippen LogP contribution in [-0.4, -0.2) is 33.5 Å². The van der Waals surface area contributed by atoms with Crippen LogP contribution in [0.3, 0.4) is 0 Å². The van der Waals surface area contributed by atoms with E-state index in [2.05, 4.69) is 20.7 Å². The lowest BCUT2D eigenvalue weighted by atomic mass is 10.3. The summed E-state index contributed by atoms with van der Waals surface area (Å²) in [5.74, 6) is 0. The highest BCUT2D eigenvalue weighted by Gasteiger charge is 2.16. The number of thiophene rings is 1. The zero-order valence-corrected chi connectivity index (χ0v) is 13.1. The topological polar surface area (TPSA) is 55.4 Å². The van der Waals surface area contributed by atoms with E-state index in [0.717, 1.165) is 11.3 Å². The summed E-state index contributed by atoms with van der Waals surface area (Å²) >= 11 is 10.1. The third kappa shape index (κ3) is 5.23. The van der Waals surface area contributed by atoms with Gasteiger partial charge in [0, 0.05) is 18.5 Å². The number of nitrogens with one attached hydrogen (secondary N) is 1.